The fourth-order valence-corrected chi connectivity index (χ4v) is 8.86. The second-order valence-corrected chi connectivity index (χ2v) is 16.7. The van der Waals surface area contributed by atoms with E-state index in [0.29, 0.717) is 0 Å². The number of hydrogen-bond donors (Lipinski definition) is 0. The maximum absolute atomic E-state index is 6.43. The Bertz CT molecular complexity index is 1020. The molecule has 0 bridgehead atoms. The summed E-state index contributed by atoms with van der Waals surface area (Å²) in [6, 6.07) is 26.8. The minimum atomic E-state index is -2.75. The molecule has 0 aromatic heterocycles. The minimum absolute atomic E-state index is 0.0839. The monoisotopic (exact) mass is 498 g/mol. The molecule has 1 atom stereocenters. The average Bonchev–Trinajstić information content (AvgIpc) is 2.73. The van der Waals surface area contributed by atoms with Gasteiger partial charge in [0.2, 0.25) is 0 Å². The van der Waals surface area contributed by atoms with E-state index in [-0.39, 0.29) is 16.1 Å². The first-order valence-electron chi connectivity index (χ1n) is 11.3. The summed E-state index contributed by atoms with van der Waals surface area (Å²) < 4.78 is 12.9. The van der Waals surface area contributed by atoms with Gasteiger partial charge in [0.1, 0.15) is 11.5 Å². The largest absolute Gasteiger partial charge is 0.428 e. The van der Waals surface area contributed by atoms with E-state index < -0.39 is 5.69 Å². The Morgan fingerprint density at radius 2 is 1.06 bits per heavy atom. The molecule has 33 heavy (non-hydrogen) atoms. The summed E-state index contributed by atoms with van der Waals surface area (Å²) in [7, 11) is 0. The van der Waals surface area contributed by atoms with Crippen molar-refractivity contribution in [2.24, 2.45) is 0 Å². The molecule has 0 aliphatic carbocycles. The number of rotatable bonds is 7. The molecule has 0 spiro atoms. The summed E-state index contributed by atoms with van der Waals surface area (Å²) in [4.78, 5) is 0. The Balaban J connectivity index is 1.87. The third-order valence-corrected chi connectivity index (χ3v) is 10.5. The molecule has 3 rings (SSSR count). The molecule has 0 saturated carbocycles. The van der Waals surface area contributed by atoms with Crippen LogP contribution in [0.1, 0.15) is 70.4 Å². The van der Waals surface area contributed by atoms with E-state index in [4.69, 9.17) is 20.9 Å². The molecule has 0 aliphatic heterocycles. The van der Waals surface area contributed by atoms with Gasteiger partial charge in [-0.25, -0.2) is 0 Å². The van der Waals surface area contributed by atoms with Gasteiger partial charge in [-0.3, -0.25) is 0 Å². The third kappa shape index (κ3) is 7.37. The molecule has 3 aromatic rings. The van der Waals surface area contributed by atoms with Gasteiger partial charge in [-0.1, -0.05) is 96.1 Å². The van der Waals surface area contributed by atoms with Gasteiger partial charge in [-0.15, -0.1) is 0 Å². The highest BCUT2D eigenvalue weighted by molar-refractivity contribution is 8.68. The van der Waals surface area contributed by atoms with E-state index in [9.17, 15) is 0 Å². The first-order chi connectivity index (χ1) is 15.4. The topological polar surface area (TPSA) is 18.5 Å². The van der Waals surface area contributed by atoms with Crippen LogP contribution in [-0.2, 0) is 22.6 Å². The molecule has 0 N–H and O–H groups in total. The fourth-order valence-electron chi connectivity index (χ4n) is 3.33. The lowest BCUT2D eigenvalue weighted by Gasteiger charge is -2.27. The smallest absolute Gasteiger partial charge is 0.349 e. The number of benzene rings is 3. The Morgan fingerprint density at radius 1 is 0.667 bits per heavy atom. The molecule has 3 aromatic carbocycles. The highest BCUT2D eigenvalue weighted by Gasteiger charge is 2.28. The molecular formula is C28H35O2PS2. The zero-order chi connectivity index (χ0) is 24.3. The molecule has 1 unspecified atom stereocenters. The molecule has 2 nitrogen and oxygen atoms in total. The molecule has 0 aliphatic rings. The van der Waals surface area contributed by atoms with Crippen LogP contribution in [0.5, 0.6) is 11.5 Å². The Hall–Kier alpha value is -1.74. The van der Waals surface area contributed by atoms with Crippen molar-refractivity contribution in [2.45, 2.75) is 64.5 Å². The van der Waals surface area contributed by atoms with Crippen molar-refractivity contribution in [1.29, 1.82) is 0 Å². The van der Waals surface area contributed by atoms with Gasteiger partial charge in [-0.2, -0.15) is 0 Å². The van der Waals surface area contributed by atoms with Crippen molar-refractivity contribution in [3.8, 4) is 11.5 Å². The lowest BCUT2D eigenvalue weighted by molar-refractivity contribution is 0.504. The van der Waals surface area contributed by atoms with E-state index in [1.54, 1.807) is 11.4 Å². The van der Waals surface area contributed by atoms with Crippen LogP contribution in [-0.4, -0.2) is 0 Å². The van der Waals surface area contributed by atoms with Crippen molar-refractivity contribution in [3.05, 3.63) is 95.6 Å². The predicted molar refractivity (Wildman–Crippen MR) is 148 cm³/mol. The molecule has 0 amide bonds. The van der Waals surface area contributed by atoms with Crippen LogP contribution in [0.2, 0.25) is 0 Å². The van der Waals surface area contributed by atoms with E-state index in [1.807, 2.05) is 42.5 Å². The Labute approximate surface area is 209 Å². The molecule has 176 valence electrons. The second-order valence-electron chi connectivity index (χ2n) is 10.3. The zero-order valence-electron chi connectivity index (χ0n) is 20.7. The van der Waals surface area contributed by atoms with Crippen LogP contribution in [0.25, 0.3) is 0 Å². The first-order valence-corrected chi connectivity index (χ1v) is 15.4. The van der Waals surface area contributed by atoms with E-state index in [2.05, 4.69) is 84.9 Å². The second kappa shape index (κ2) is 10.3. The van der Waals surface area contributed by atoms with Gasteiger partial charge in [0.25, 0.3) is 0 Å². The van der Waals surface area contributed by atoms with Crippen LogP contribution >= 0.6 is 17.1 Å². The van der Waals surface area contributed by atoms with Gasteiger partial charge < -0.3 is 9.05 Å². The first kappa shape index (κ1) is 25.9. The highest BCUT2D eigenvalue weighted by atomic mass is 32.9. The standard InChI is InChI=1S/C28H35O2PS2/c1-21(22-11-9-8-10-12-22)33-31(32,29-25-17-13-23(14-18-25)27(2,3)4)30-26-19-15-24(16-20-26)28(5,6)7/h8-21H,1-7H3. The lowest BCUT2D eigenvalue weighted by atomic mass is 9.87. The highest BCUT2D eigenvalue weighted by Crippen LogP contribution is 2.64. The normalized spacial score (nSPS) is 13.4. The molecule has 5 heteroatoms. The van der Waals surface area contributed by atoms with E-state index >= 15 is 0 Å². The molecule has 0 saturated heterocycles. The van der Waals surface area contributed by atoms with Crippen LogP contribution in [0.3, 0.4) is 0 Å². The quantitative estimate of drug-likeness (QED) is 0.302. The summed E-state index contributed by atoms with van der Waals surface area (Å²) in [6.07, 6.45) is 0. The lowest BCUT2D eigenvalue weighted by Crippen LogP contribution is -2.10. The SMILES string of the molecule is CC(SP(=S)(Oc1ccc(C(C)(C)C)cc1)Oc1ccc(C(C)(C)C)cc1)c1ccccc1. The van der Waals surface area contributed by atoms with Gasteiger partial charge in [0.05, 0.1) is 0 Å². The molecular weight excluding hydrogens is 463 g/mol. The summed E-state index contributed by atoms with van der Waals surface area (Å²) >= 11 is 7.68. The summed E-state index contributed by atoms with van der Waals surface area (Å²) in [5.74, 6) is 1.48. The zero-order valence-corrected chi connectivity index (χ0v) is 23.2. The van der Waals surface area contributed by atoms with Gasteiger partial charge >= 0.3 is 5.69 Å². The average molecular weight is 499 g/mol. The van der Waals surface area contributed by atoms with Crippen molar-refractivity contribution in [3.63, 3.8) is 0 Å². The van der Waals surface area contributed by atoms with Crippen molar-refractivity contribution < 1.29 is 9.05 Å². The van der Waals surface area contributed by atoms with Crippen LogP contribution < -0.4 is 9.05 Å². The summed E-state index contributed by atoms with van der Waals surface area (Å²) in [5, 5.41) is 0.139. The van der Waals surface area contributed by atoms with Crippen molar-refractivity contribution in [1.82, 2.24) is 0 Å². The molecule has 0 radical (unpaired) electrons. The Kier molecular flexibility index (Phi) is 8.04. The summed E-state index contributed by atoms with van der Waals surface area (Å²) in [5.41, 5.74) is 1.14. The van der Waals surface area contributed by atoms with Crippen LogP contribution in [0.15, 0.2) is 78.9 Å². The van der Waals surface area contributed by atoms with Crippen LogP contribution in [0.4, 0.5) is 0 Å². The molecule has 0 fully saturated rings. The Morgan fingerprint density at radius 3 is 1.42 bits per heavy atom. The predicted octanol–water partition coefficient (Wildman–Crippen LogP) is 9.46. The van der Waals surface area contributed by atoms with Crippen LogP contribution in [0, 0.1) is 0 Å². The van der Waals surface area contributed by atoms with Gasteiger partial charge in [0.15, 0.2) is 0 Å². The van der Waals surface area contributed by atoms with Crippen molar-refractivity contribution in [2.75, 3.05) is 0 Å². The van der Waals surface area contributed by atoms with E-state index in [1.165, 1.54) is 16.7 Å². The maximum atomic E-state index is 6.43. The van der Waals surface area contributed by atoms with E-state index in [0.717, 1.165) is 11.5 Å². The molecule has 0 heterocycles. The van der Waals surface area contributed by atoms with Gasteiger partial charge in [0, 0.05) is 5.25 Å². The van der Waals surface area contributed by atoms with Crippen molar-refractivity contribution >= 4 is 28.9 Å². The summed E-state index contributed by atoms with van der Waals surface area (Å²) in [6.45, 7) is 15.4. The minimum Gasteiger partial charge on any atom is -0.428 e. The maximum Gasteiger partial charge on any atom is 0.349 e. The van der Waals surface area contributed by atoms with Gasteiger partial charge in [-0.05, 0) is 81.9 Å². The fraction of sp³-hybridized carbons (Fsp3) is 0.357. The number of hydrogen-bond acceptors (Lipinski definition) is 4. The third-order valence-electron chi connectivity index (χ3n) is 5.43.